The quantitative estimate of drug-likeness (QED) is 0.514. The summed E-state index contributed by atoms with van der Waals surface area (Å²) < 4.78 is 28.6. The Morgan fingerprint density at radius 2 is 2.03 bits per heavy atom. The van der Waals surface area contributed by atoms with Crippen molar-refractivity contribution in [1.29, 1.82) is 5.26 Å². The lowest BCUT2D eigenvalue weighted by Gasteiger charge is -2.14. The summed E-state index contributed by atoms with van der Waals surface area (Å²) in [5.74, 6) is 0.695. The summed E-state index contributed by atoms with van der Waals surface area (Å²) in [6.45, 7) is 4.29. The SMILES string of the molecule is CC(C)Oc1ccc(-c2nnc(-c3cccc4c3CC[C@H]4NCCS(C)(=O)=O)s2)cc1C#N. The van der Waals surface area contributed by atoms with E-state index in [9.17, 15) is 13.7 Å². The molecule has 0 saturated carbocycles. The van der Waals surface area contributed by atoms with E-state index >= 15 is 0 Å². The first-order valence-electron chi connectivity index (χ1n) is 10.8. The van der Waals surface area contributed by atoms with E-state index in [-0.39, 0.29) is 17.9 Å². The highest BCUT2D eigenvalue weighted by Gasteiger charge is 2.26. The van der Waals surface area contributed by atoms with Crippen molar-refractivity contribution in [2.45, 2.75) is 38.8 Å². The van der Waals surface area contributed by atoms with Gasteiger partial charge in [-0.1, -0.05) is 29.5 Å². The van der Waals surface area contributed by atoms with Gasteiger partial charge in [-0.3, -0.25) is 0 Å². The average molecular weight is 483 g/mol. The lowest BCUT2D eigenvalue weighted by atomic mass is 10.0. The molecule has 7 nitrogen and oxygen atoms in total. The van der Waals surface area contributed by atoms with Gasteiger partial charge in [0.2, 0.25) is 0 Å². The number of nitriles is 1. The van der Waals surface area contributed by atoms with Crippen LogP contribution in [-0.2, 0) is 16.3 Å². The molecule has 0 fully saturated rings. The van der Waals surface area contributed by atoms with Crippen molar-refractivity contribution in [2.24, 2.45) is 0 Å². The molecule has 33 heavy (non-hydrogen) atoms. The Kier molecular flexibility index (Phi) is 6.79. The van der Waals surface area contributed by atoms with Crippen LogP contribution in [0.4, 0.5) is 0 Å². The van der Waals surface area contributed by atoms with Crippen LogP contribution in [0.3, 0.4) is 0 Å². The molecule has 2 aromatic carbocycles. The highest BCUT2D eigenvalue weighted by molar-refractivity contribution is 7.90. The van der Waals surface area contributed by atoms with E-state index in [1.54, 1.807) is 6.07 Å². The molecule has 0 radical (unpaired) electrons. The molecule has 0 saturated heterocycles. The molecule has 0 spiro atoms. The number of rotatable bonds is 8. The summed E-state index contributed by atoms with van der Waals surface area (Å²) in [5, 5.41) is 23.3. The first kappa shape index (κ1) is 23.4. The largest absolute Gasteiger partial charge is 0.490 e. The van der Waals surface area contributed by atoms with Crippen molar-refractivity contribution in [3.8, 4) is 33.0 Å². The molecule has 1 N–H and O–H groups in total. The molecule has 1 aliphatic carbocycles. The van der Waals surface area contributed by atoms with Crippen molar-refractivity contribution >= 4 is 21.2 Å². The number of hydrogen-bond donors (Lipinski definition) is 1. The van der Waals surface area contributed by atoms with Crippen LogP contribution >= 0.6 is 11.3 Å². The van der Waals surface area contributed by atoms with Gasteiger partial charge in [0.25, 0.3) is 0 Å². The van der Waals surface area contributed by atoms with E-state index in [0.717, 1.165) is 34.0 Å². The molecule has 3 aromatic rings. The summed E-state index contributed by atoms with van der Waals surface area (Å²) in [7, 11) is -2.99. The van der Waals surface area contributed by atoms with E-state index in [4.69, 9.17) is 4.74 Å². The number of benzene rings is 2. The predicted octanol–water partition coefficient (Wildman–Crippen LogP) is 4.15. The molecule has 0 unspecified atom stereocenters. The van der Waals surface area contributed by atoms with Gasteiger partial charge < -0.3 is 10.1 Å². The summed E-state index contributed by atoms with van der Waals surface area (Å²) in [6.07, 6.45) is 3.06. The maximum absolute atomic E-state index is 11.4. The minimum atomic E-state index is -2.99. The molecule has 1 aliphatic rings. The van der Waals surface area contributed by atoms with E-state index in [1.165, 1.54) is 28.7 Å². The smallest absolute Gasteiger partial charge is 0.148 e. The van der Waals surface area contributed by atoms with Gasteiger partial charge in [-0.25, -0.2) is 8.42 Å². The van der Waals surface area contributed by atoms with Crippen LogP contribution in [0.5, 0.6) is 5.75 Å². The fraction of sp³-hybridized carbons (Fsp3) is 0.375. The highest BCUT2D eigenvalue weighted by atomic mass is 32.2. The van der Waals surface area contributed by atoms with Crippen LogP contribution in [-0.4, -0.2) is 43.3 Å². The monoisotopic (exact) mass is 482 g/mol. The third-order valence-corrected chi connectivity index (χ3v) is 7.45. The zero-order valence-corrected chi connectivity index (χ0v) is 20.5. The minimum absolute atomic E-state index is 0.0130. The van der Waals surface area contributed by atoms with Crippen molar-refractivity contribution in [2.75, 3.05) is 18.6 Å². The molecule has 1 atom stereocenters. The number of aromatic nitrogens is 2. The fourth-order valence-corrected chi connectivity index (χ4v) is 5.42. The van der Waals surface area contributed by atoms with Gasteiger partial charge in [0.15, 0.2) is 0 Å². The lowest BCUT2D eigenvalue weighted by molar-refractivity contribution is 0.242. The zero-order valence-electron chi connectivity index (χ0n) is 18.8. The van der Waals surface area contributed by atoms with E-state index in [1.807, 2.05) is 32.0 Å². The van der Waals surface area contributed by atoms with Crippen LogP contribution in [0.1, 0.15) is 43.0 Å². The second-order valence-electron chi connectivity index (χ2n) is 8.45. The Bertz CT molecular complexity index is 1310. The third-order valence-electron chi connectivity index (χ3n) is 5.50. The second-order valence-corrected chi connectivity index (χ2v) is 11.7. The fourth-order valence-electron chi connectivity index (χ4n) is 4.04. The number of fused-ring (bicyclic) bond motifs is 1. The summed E-state index contributed by atoms with van der Waals surface area (Å²) in [6, 6.07) is 14.0. The first-order chi connectivity index (χ1) is 15.7. The third kappa shape index (κ3) is 5.41. The van der Waals surface area contributed by atoms with Crippen molar-refractivity contribution in [3.63, 3.8) is 0 Å². The van der Waals surface area contributed by atoms with Gasteiger partial charge in [0.05, 0.1) is 17.4 Å². The minimum Gasteiger partial charge on any atom is -0.490 e. The van der Waals surface area contributed by atoms with Gasteiger partial charge in [-0.15, -0.1) is 10.2 Å². The second kappa shape index (κ2) is 9.59. The molecule has 9 heteroatoms. The summed E-state index contributed by atoms with van der Waals surface area (Å²) in [5.41, 5.74) is 4.79. The molecular formula is C24H26N4O3S2. The van der Waals surface area contributed by atoms with Gasteiger partial charge in [0, 0.05) is 30.0 Å². The van der Waals surface area contributed by atoms with Crippen molar-refractivity contribution in [1.82, 2.24) is 15.5 Å². The maximum Gasteiger partial charge on any atom is 0.148 e. The van der Waals surface area contributed by atoms with E-state index in [0.29, 0.717) is 17.9 Å². The van der Waals surface area contributed by atoms with Gasteiger partial charge in [-0.2, -0.15) is 5.26 Å². The number of sulfone groups is 1. The Morgan fingerprint density at radius 3 is 2.76 bits per heavy atom. The predicted molar refractivity (Wildman–Crippen MR) is 130 cm³/mol. The molecular weight excluding hydrogens is 456 g/mol. The van der Waals surface area contributed by atoms with Gasteiger partial charge in [-0.05, 0) is 56.0 Å². The molecule has 1 aromatic heterocycles. The van der Waals surface area contributed by atoms with E-state index in [2.05, 4.69) is 33.7 Å². The average Bonchev–Trinajstić information content (AvgIpc) is 3.40. The normalized spacial score (nSPS) is 15.4. The number of hydrogen-bond acceptors (Lipinski definition) is 8. The standard InChI is InChI=1S/C24H26N4O3S2/c1-15(2)31-22-10-7-16(13-17(22)14-25)23-27-28-24(32-23)20-6-4-5-19-18(20)8-9-21(19)26-11-12-33(3,29)30/h4-7,10,13,15,21,26H,8-9,11-12H2,1-3H3/t21-/m1/s1. The highest BCUT2D eigenvalue weighted by Crippen LogP contribution is 2.40. The Morgan fingerprint density at radius 1 is 1.24 bits per heavy atom. The van der Waals surface area contributed by atoms with E-state index < -0.39 is 9.84 Å². The van der Waals surface area contributed by atoms with Crippen LogP contribution in [0.15, 0.2) is 36.4 Å². The maximum atomic E-state index is 11.4. The van der Waals surface area contributed by atoms with Gasteiger partial charge >= 0.3 is 0 Å². The Labute approximate surface area is 198 Å². The summed E-state index contributed by atoms with van der Waals surface area (Å²) in [4.78, 5) is 0. The van der Waals surface area contributed by atoms with Gasteiger partial charge in [0.1, 0.15) is 31.7 Å². The van der Waals surface area contributed by atoms with Crippen molar-refractivity contribution in [3.05, 3.63) is 53.1 Å². The van der Waals surface area contributed by atoms with Crippen LogP contribution in [0, 0.1) is 11.3 Å². The van der Waals surface area contributed by atoms with Crippen molar-refractivity contribution < 1.29 is 13.2 Å². The molecule has 0 aliphatic heterocycles. The molecule has 4 rings (SSSR count). The number of nitrogens with zero attached hydrogens (tertiary/aromatic N) is 3. The lowest BCUT2D eigenvalue weighted by Crippen LogP contribution is -2.25. The number of nitrogens with one attached hydrogen (secondary N) is 1. The summed E-state index contributed by atoms with van der Waals surface area (Å²) >= 11 is 1.49. The number of ether oxygens (including phenoxy) is 1. The molecule has 1 heterocycles. The van der Waals surface area contributed by atoms with Crippen LogP contribution < -0.4 is 10.1 Å². The van der Waals surface area contributed by atoms with Crippen LogP contribution in [0.2, 0.25) is 0 Å². The first-order valence-corrected chi connectivity index (χ1v) is 13.7. The Hall–Kier alpha value is -2.80. The topological polar surface area (TPSA) is 105 Å². The molecule has 172 valence electrons. The molecule has 0 bridgehead atoms. The zero-order chi connectivity index (χ0) is 23.6. The molecule has 0 amide bonds. The van der Waals surface area contributed by atoms with Crippen LogP contribution in [0.25, 0.3) is 21.1 Å². The Balaban J connectivity index is 1.57.